The second kappa shape index (κ2) is 10.4. The van der Waals surface area contributed by atoms with Gasteiger partial charge in [-0.3, -0.25) is 9.59 Å². The summed E-state index contributed by atoms with van der Waals surface area (Å²) in [5, 5.41) is 2.93. The molecule has 1 amide bonds. The van der Waals surface area contributed by atoms with E-state index in [1.165, 1.54) is 27.2 Å². The van der Waals surface area contributed by atoms with Crippen LogP contribution in [0.2, 0.25) is 0 Å². The number of rotatable bonds is 7. The molecule has 1 atom stereocenters. The fraction of sp³-hybridized carbons (Fsp3) is 0.179. The molecule has 4 aromatic rings. The van der Waals surface area contributed by atoms with Gasteiger partial charge < -0.3 is 23.9 Å². The molecular formula is C28H25NO7. The monoisotopic (exact) mass is 487 g/mol. The number of para-hydroxylation sites is 1. The molecule has 36 heavy (non-hydrogen) atoms. The molecule has 0 aliphatic heterocycles. The van der Waals surface area contributed by atoms with Crippen LogP contribution in [0, 0.1) is 6.92 Å². The van der Waals surface area contributed by atoms with Crippen LogP contribution in [-0.2, 0) is 9.53 Å². The highest BCUT2D eigenvalue weighted by molar-refractivity contribution is 6.04. The van der Waals surface area contributed by atoms with Crippen LogP contribution in [0.15, 0.2) is 75.9 Å². The minimum absolute atomic E-state index is 0.0458. The number of benzene rings is 3. The average molecular weight is 488 g/mol. The summed E-state index contributed by atoms with van der Waals surface area (Å²) in [6.07, 6.45) is -1.14. The van der Waals surface area contributed by atoms with Gasteiger partial charge in [0.25, 0.3) is 5.91 Å². The standard InChI is InChI=1S/C28H25NO7/c1-16-24(30)22-11-8-12-23(26(22)36-25(16)18-9-6-5-7-10-18)28(32)35-17(2)27(31)29-19-13-20(33-3)15-21(14-19)34-4/h5-15,17H,1-4H3,(H,29,31)/t17-/m0/s1. The first-order valence-electron chi connectivity index (χ1n) is 11.2. The Morgan fingerprint density at radius 1 is 0.917 bits per heavy atom. The molecule has 1 N–H and O–H groups in total. The number of amides is 1. The van der Waals surface area contributed by atoms with Gasteiger partial charge in [0.15, 0.2) is 17.1 Å². The smallest absolute Gasteiger partial charge is 0.342 e. The van der Waals surface area contributed by atoms with E-state index in [4.69, 9.17) is 18.6 Å². The SMILES string of the molecule is COc1cc(NC(=O)[C@H](C)OC(=O)c2cccc3c(=O)c(C)c(-c4ccccc4)oc23)cc(OC)c1. The maximum atomic E-state index is 13.1. The zero-order valence-corrected chi connectivity index (χ0v) is 20.3. The normalized spacial score (nSPS) is 11.6. The lowest BCUT2D eigenvalue weighted by atomic mass is 10.0. The van der Waals surface area contributed by atoms with Gasteiger partial charge in [0.05, 0.1) is 19.6 Å². The van der Waals surface area contributed by atoms with E-state index in [2.05, 4.69) is 5.32 Å². The quantitative estimate of drug-likeness (QED) is 0.367. The van der Waals surface area contributed by atoms with Gasteiger partial charge in [-0.1, -0.05) is 36.4 Å². The molecular weight excluding hydrogens is 462 g/mol. The number of carbonyl (C=O) groups excluding carboxylic acids is 2. The Bertz CT molecular complexity index is 1470. The van der Waals surface area contributed by atoms with Gasteiger partial charge in [-0.25, -0.2) is 4.79 Å². The molecule has 8 heteroatoms. The van der Waals surface area contributed by atoms with Gasteiger partial charge in [0, 0.05) is 35.0 Å². The van der Waals surface area contributed by atoms with Crippen molar-refractivity contribution in [2.24, 2.45) is 0 Å². The van der Waals surface area contributed by atoms with E-state index in [1.807, 2.05) is 30.3 Å². The molecule has 4 rings (SSSR count). The third kappa shape index (κ3) is 4.93. The van der Waals surface area contributed by atoms with E-state index in [0.717, 1.165) is 0 Å². The largest absolute Gasteiger partial charge is 0.497 e. The van der Waals surface area contributed by atoms with E-state index in [9.17, 15) is 14.4 Å². The summed E-state index contributed by atoms with van der Waals surface area (Å²) < 4.78 is 21.9. The molecule has 0 saturated carbocycles. The lowest BCUT2D eigenvalue weighted by Crippen LogP contribution is -2.30. The Balaban J connectivity index is 1.61. The van der Waals surface area contributed by atoms with Gasteiger partial charge in [0.2, 0.25) is 0 Å². The lowest BCUT2D eigenvalue weighted by Gasteiger charge is -2.15. The van der Waals surface area contributed by atoms with Crippen molar-refractivity contribution in [3.63, 3.8) is 0 Å². The van der Waals surface area contributed by atoms with Gasteiger partial charge in [-0.15, -0.1) is 0 Å². The van der Waals surface area contributed by atoms with Crippen LogP contribution in [0.5, 0.6) is 11.5 Å². The maximum Gasteiger partial charge on any atom is 0.342 e. The van der Waals surface area contributed by atoms with Crippen molar-refractivity contribution in [1.29, 1.82) is 0 Å². The van der Waals surface area contributed by atoms with Crippen LogP contribution < -0.4 is 20.2 Å². The van der Waals surface area contributed by atoms with Crippen LogP contribution in [0.3, 0.4) is 0 Å². The second-order valence-corrected chi connectivity index (χ2v) is 8.07. The zero-order chi connectivity index (χ0) is 25.8. The predicted octanol–water partition coefficient (Wildman–Crippen LogP) is 4.97. The number of methoxy groups -OCH3 is 2. The number of hydrogen-bond acceptors (Lipinski definition) is 7. The minimum Gasteiger partial charge on any atom is -0.497 e. The molecule has 0 unspecified atom stereocenters. The average Bonchev–Trinajstić information content (AvgIpc) is 2.90. The first-order valence-corrected chi connectivity index (χ1v) is 11.2. The number of carbonyl (C=O) groups is 2. The van der Waals surface area contributed by atoms with Gasteiger partial charge >= 0.3 is 5.97 Å². The van der Waals surface area contributed by atoms with Crippen LogP contribution in [0.4, 0.5) is 5.69 Å². The number of fused-ring (bicyclic) bond motifs is 1. The molecule has 0 aliphatic rings. The van der Waals surface area contributed by atoms with E-state index in [-0.39, 0.29) is 22.0 Å². The first kappa shape index (κ1) is 24.5. The van der Waals surface area contributed by atoms with Gasteiger partial charge in [-0.05, 0) is 26.0 Å². The Kier molecular flexibility index (Phi) is 7.05. The van der Waals surface area contributed by atoms with Crippen LogP contribution in [-0.4, -0.2) is 32.2 Å². The highest BCUT2D eigenvalue weighted by atomic mass is 16.5. The van der Waals surface area contributed by atoms with Crippen molar-refractivity contribution in [3.05, 3.63) is 88.1 Å². The molecule has 184 valence electrons. The predicted molar refractivity (Wildman–Crippen MR) is 136 cm³/mol. The van der Waals surface area contributed by atoms with Crippen molar-refractivity contribution in [2.75, 3.05) is 19.5 Å². The van der Waals surface area contributed by atoms with Crippen LogP contribution >= 0.6 is 0 Å². The van der Waals surface area contributed by atoms with Crippen molar-refractivity contribution >= 4 is 28.5 Å². The minimum atomic E-state index is -1.14. The van der Waals surface area contributed by atoms with Crippen molar-refractivity contribution in [2.45, 2.75) is 20.0 Å². The third-order valence-corrected chi connectivity index (χ3v) is 5.67. The Morgan fingerprint density at radius 3 is 2.22 bits per heavy atom. The van der Waals surface area contributed by atoms with Crippen LogP contribution in [0.25, 0.3) is 22.3 Å². The fourth-order valence-electron chi connectivity index (χ4n) is 3.74. The maximum absolute atomic E-state index is 13.1. The summed E-state index contributed by atoms with van der Waals surface area (Å²) in [5.74, 6) is -0.000966. The van der Waals surface area contributed by atoms with E-state index in [0.29, 0.717) is 34.1 Å². The summed E-state index contributed by atoms with van der Waals surface area (Å²) >= 11 is 0. The molecule has 1 aromatic heterocycles. The summed E-state index contributed by atoms with van der Waals surface area (Å²) in [6.45, 7) is 3.13. The molecule has 0 fully saturated rings. The number of anilines is 1. The molecule has 1 heterocycles. The highest BCUT2D eigenvalue weighted by Crippen LogP contribution is 2.28. The number of hydrogen-bond donors (Lipinski definition) is 1. The van der Waals surface area contributed by atoms with Crippen LogP contribution in [0.1, 0.15) is 22.8 Å². The second-order valence-electron chi connectivity index (χ2n) is 8.07. The molecule has 0 aliphatic carbocycles. The van der Waals surface area contributed by atoms with Gasteiger partial charge in [0.1, 0.15) is 22.8 Å². The number of ether oxygens (including phenoxy) is 3. The summed E-state index contributed by atoms with van der Waals surface area (Å²) in [6, 6.07) is 18.7. The Morgan fingerprint density at radius 2 is 1.58 bits per heavy atom. The fourth-order valence-corrected chi connectivity index (χ4v) is 3.74. The zero-order valence-electron chi connectivity index (χ0n) is 20.3. The van der Waals surface area contributed by atoms with Crippen molar-refractivity contribution < 1.29 is 28.2 Å². The molecule has 0 bridgehead atoms. The Hall–Kier alpha value is -4.59. The highest BCUT2D eigenvalue weighted by Gasteiger charge is 2.23. The topological polar surface area (TPSA) is 104 Å². The van der Waals surface area contributed by atoms with Crippen molar-refractivity contribution in [1.82, 2.24) is 0 Å². The molecule has 0 spiro atoms. The summed E-state index contributed by atoms with van der Waals surface area (Å²) in [4.78, 5) is 38.8. The van der Waals surface area contributed by atoms with E-state index >= 15 is 0 Å². The van der Waals surface area contributed by atoms with Gasteiger partial charge in [-0.2, -0.15) is 0 Å². The number of esters is 1. The molecule has 3 aromatic carbocycles. The third-order valence-electron chi connectivity index (χ3n) is 5.67. The summed E-state index contributed by atoms with van der Waals surface area (Å²) in [5.41, 5.74) is 1.45. The lowest BCUT2D eigenvalue weighted by molar-refractivity contribution is -0.123. The molecule has 8 nitrogen and oxygen atoms in total. The molecule has 0 radical (unpaired) electrons. The Labute approximate surface area is 207 Å². The first-order chi connectivity index (χ1) is 17.3. The number of nitrogens with one attached hydrogen (secondary N) is 1. The van der Waals surface area contributed by atoms with Crippen molar-refractivity contribution in [3.8, 4) is 22.8 Å². The van der Waals surface area contributed by atoms with E-state index < -0.39 is 18.0 Å². The summed E-state index contributed by atoms with van der Waals surface area (Å²) in [7, 11) is 3.00. The molecule has 0 saturated heterocycles. The van der Waals surface area contributed by atoms with E-state index in [1.54, 1.807) is 37.3 Å².